The Morgan fingerprint density at radius 3 is 2.71 bits per heavy atom. The molecule has 0 aliphatic rings. The summed E-state index contributed by atoms with van der Waals surface area (Å²) in [5, 5.41) is 3.32. The number of hydrogen-bond acceptors (Lipinski definition) is 2. The Balaban J connectivity index is 2.94. The first-order valence-corrected chi connectivity index (χ1v) is 4.22. The van der Waals surface area contributed by atoms with Gasteiger partial charge in [0.1, 0.15) is 5.75 Å². The molecule has 0 aliphatic heterocycles. The molecule has 0 heterocycles. The molecule has 1 rings (SSSR count). The van der Waals surface area contributed by atoms with Crippen LogP contribution in [-0.4, -0.2) is 6.61 Å². The van der Waals surface area contributed by atoms with Crippen molar-refractivity contribution < 1.29 is 13.5 Å². The van der Waals surface area contributed by atoms with Crippen molar-refractivity contribution in [2.24, 2.45) is 5.11 Å². The van der Waals surface area contributed by atoms with Gasteiger partial charge in [-0.15, -0.1) is 0 Å². The first-order chi connectivity index (χ1) is 6.63. The van der Waals surface area contributed by atoms with Crippen molar-refractivity contribution in [3.05, 3.63) is 33.1 Å². The Labute approximate surface area is 86.2 Å². The quantitative estimate of drug-likeness (QED) is 0.462. The van der Waals surface area contributed by atoms with Crippen molar-refractivity contribution in [3.8, 4) is 5.75 Å². The highest BCUT2D eigenvalue weighted by atomic mass is 79.9. The zero-order valence-corrected chi connectivity index (χ0v) is 8.28. The molecule has 74 valence electrons. The second-order valence-electron chi connectivity index (χ2n) is 2.18. The average molecular weight is 264 g/mol. The molecule has 0 N–H and O–H groups in total. The van der Waals surface area contributed by atoms with Gasteiger partial charge in [0.05, 0.1) is 5.69 Å². The van der Waals surface area contributed by atoms with Gasteiger partial charge in [-0.1, -0.05) is 21.0 Å². The van der Waals surface area contributed by atoms with E-state index >= 15 is 0 Å². The molecule has 0 spiro atoms. The van der Waals surface area contributed by atoms with Crippen LogP contribution in [0, 0.1) is 0 Å². The summed E-state index contributed by atoms with van der Waals surface area (Å²) < 4.78 is 28.1. The lowest BCUT2D eigenvalue weighted by Crippen LogP contribution is -2.01. The molecule has 7 heteroatoms. The van der Waals surface area contributed by atoms with Crippen LogP contribution in [0.5, 0.6) is 5.75 Å². The summed E-state index contributed by atoms with van der Waals surface area (Å²) in [6, 6.07) is 3.97. The maximum atomic E-state index is 11.8. The topological polar surface area (TPSA) is 58.0 Å². The van der Waals surface area contributed by atoms with Gasteiger partial charge >= 0.3 is 6.61 Å². The van der Waals surface area contributed by atoms with Crippen molar-refractivity contribution >= 4 is 21.6 Å². The second kappa shape index (κ2) is 4.78. The normalized spacial score (nSPS) is 9.71. The Hall–Kier alpha value is -1.33. The number of nitrogens with zero attached hydrogens (tertiary/aromatic N) is 3. The Morgan fingerprint density at radius 2 is 2.21 bits per heavy atom. The number of halogens is 3. The molecule has 0 saturated carbocycles. The molecule has 1 aromatic rings. The second-order valence-corrected chi connectivity index (χ2v) is 3.04. The SMILES string of the molecule is [N-]=[N+]=Nc1ccc(OC(F)F)cc1Br. The van der Waals surface area contributed by atoms with Gasteiger partial charge in [-0.05, 0) is 23.7 Å². The molecule has 4 nitrogen and oxygen atoms in total. The van der Waals surface area contributed by atoms with Gasteiger partial charge < -0.3 is 4.74 Å². The van der Waals surface area contributed by atoms with Crippen LogP contribution in [0.1, 0.15) is 0 Å². The minimum atomic E-state index is -2.87. The highest BCUT2D eigenvalue weighted by Crippen LogP contribution is 2.30. The number of azide groups is 1. The van der Waals surface area contributed by atoms with E-state index in [9.17, 15) is 8.78 Å². The number of rotatable bonds is 3. The first-order valence-electron chi connectivity index (χ1n) is 3.43. The molecule has 0 unspecified atom stereocenters. The number of alkyl halides is 2. The highest BCUT2D eigenvalue weighted by molar-refractivity contribution is 9.10. The maximum absolute atomic E-state index is 11.8. The van der Waals surface area contributed by atoms with E-state index in [1.54, 1.807) is 0 Å². The van der Waals surface area contributed by atoms with Gasteiger partial charge in [-0.2, -0.15) is 8.78 Å². The number of benzene rings is 1. The zero-order valence-electron chi connectivity index (χ0n) is 6.69. The van der Waals surface area contributed by atoms with Crippen molar-refractivity contribution in [1.29, 1.82) is 0 Å². The smallest absolute Gasteiger partial charge is 0.387 e. The van der Waals surface area contributed by atoms with E-state index in [0.29, 0.717) is 10.2 Å². The third-order valence-electron chi connectivity index (χ3n) is 1.30. The highest BCUT2D eigenvalue weighted by Gasteiger charge is 2.05. The fraction of sp³-hybridized carbons (Fsp3) is 0.143. The fourth-order valence-corrected chi connectivity index (χ4v) is 1.23. The predicted molar refractivity (Wildman–Crippen MR) is 49.6 cm³/mol. The maximum Gasteiger partial charge on any atom is 0.387 e. The minimum absolute atomic E-state index is 0.00349. The van der Waals surface area contributed by atoms with Crippen molar-refractivity contribution in [2.75, 3.05) is 0 Å². The molecule has 0 aliphatic carbocycles. The van der Waals surface area contributed by atoms with Crippen LogP contribution in [0.3, 0.4) is 0 Å². The van der Waals surface area contributed by atoms with Crippen LogP contribution in [0.2, 0.25) is 0 Å². The van der Waals surface area contributed by atoms with E-state index in [4.69, 9.17) is 5.53 Å². The first kappa shape index (κ1) is 10.7. The van der Waals surface area contributed by atoms with Gasteiger partial charge in [-0.3, -0.25) is 0 Å². The molecule has 0 bridgehead atoms. The van der Waals surface area contributed by atoms with E-state index in [1.165, 1.54) is 18.2 Å². The average Bonchev–Trinajstić information content (AvgIpc) is 2.09. The van der Waals surface area contributed by atoms with Gasteiger partial charge in [0.15, 0.2) is 0 Å². The zero-order chi connectivity index (χ0) is 10.6. The lowest BCUT2D eigenvalue weighted by molar-refractivity contribution is -0.0498. The van der Waals surface area contributed by atoms with Gasteiger partial charge in [0.25, 0.3) is 0 Å². The Kier molecular flexibility index (Phi) is 3.67. The molecule has 0 radical (unpaired) electrons. The van der Waals surface area contributed by atoms with E-state index in [1.807, 2.05) is 0 Å². The third-order valence-corrected chi connectivity index (χ3v) is 1.93. The van der Waals surface area contributed by atoms with Gasteiger partial charge in [0, 0.05) is 9.38 Å². The summed E-state index contributed by atoms with van der Waals surface area (Å²) in [5.41, 5.74) is 8.46. The summed E-state index contributed by atoms with van der Waals surface area (Å²) in [6.45, 7) is -2.87. The number of ether oxygens (including phenoxy) is 1. The molecule has 0 saturated heterocycles. The molecule has 0 fully saturated rings. The fourth-order valence-electron chi connectivity index (χ4n) is 0.793. The van der Waals surface area contributed by atoms with Crippen LogP contribution in [0.15, 0.2) is 27.8 Å². The van der Waals surface area contributed by atoms with Crippen LogP contribution in [0.25, 0.3) is 10.4 Å². The minimum Gasteiger partial charge on any atom is -0.435 e. The molecule has 0 aromatic heterocycles. The van der Waals surface area contributed by atoms with Gasteiger partial charge in [0.2, 0.25) is 0 Å². The van der Waals surface area contributed by atoms with E-state index < -0.39 is 6.61 Å². The van der Waals surface area contributed by atoms with Crippen LogP contribution < -0.4 is 4.74 Å². The van der Waals surface area contributed by atoms with Crippen molar-refractivity contribution in [2.45, 2.75) is 6.61 Å². The summed E-state index contributed by atoms with van der Waals surface area (Å²) in [5.74, 6) is 0.00349. The molecule has 14 heavy (non-hydrogen) atoms. The Bertz CT molecular complexity index is 379. The van der Waals surface area contributed by atoms with E-state index in [0.717, 1.165) is 0 Å². The summed E-state index contributed by atoms with van der Waals surface area (Å²) in [7, 11) is 0. The van der Waals surface area contributed by atoms with Gasteiger partial charge in [-0.25, -0.2) is 0 Å². The van der Waals surface area contributed by atoms with Crippen LogP contribution >= 0.6 is 15.9 Å². The monoisotopic (exact) mass is 263 g/mol. The molecular weight excluding hydrogens is 260 g/mol. The Morgan fingerprint density at radius 1 is 1.50 bits per heavy atom. The lowest BCUT2D eigenvalue weighted by atomic mass is 10.3. The van der Waals surface area contributed by atoms with Crippen LogP contribution in [0.4, 0.5) is 14.5 Å². The third kappa shape index (κ3) is 2.86. The summed E-state index contributed by atoms with van der Waals surface area (Å²) in [4.78, 5) is 2.56. The lowest BCUT2D eigenvalue weighted by Gasteiger charge is -2.05. The van der Waals surface area contributed by atoms with Crippen LogP contribution in [-0.2, 0) is 0 Å². The van der Waals surface area contributed by atoms with E-state index in [-0.39, 0.29) is 5.75 Å². The van der Waals surface area contributed by atoms with E-state index in [2.05, 4.69) is 30.7 Å². The van der Waals surface area contributed by atoms with Crippen molar-refractivity contribution in [1.82, 2.24) is 0 Å². The standard InChI is InChI=1S/C7H4BrF2N3O/c8-5-3-4(14-7(9)10)1-2-6(5)12-13-11/h1-3,7H. The molecule has 0 atom stereocenters. The largest absolute Gasteiger partial charge is 0.435 e. The number of hydrogen-bond donors (Lipinski definition) is 0. The predicted octanol–water partition coefficient (Wildman–Crippen LogP) is 3.99. The molecule has 0 amide bonds. The molecule has 1 aromatic carbocycles. The van der Waals surface area contributed by atoms with Crippen molar-refractivity contribution in [3.63, 3.8) is 0 Å². The summed E-state index contributed by atoms with van der Waals surface area (Å²) in [6.07, 6.45) is 0. The summed E-state index contributed by atoms with van der Waals surface area (Å²) >= 11 is 3.05. The molecular formula is C7H4BrF2N3O.